The van der Waals surface area contributed by atoms with Crippen LogP contribution in [-0.2, 0) is 14.3 Å². The van der Waals surface area contributed by atoms with Crippen molar-refractivity contribution < 1.29 is 34.4 Å². The molecule has 4 aromatic rings. The van der Waals surface area contributed by atoms with Crippen molar-refractivity contribution in [3.05, 3.63) is 89.5 Å². The molecule has 0 aliphatic carbocycles. The molecule has 1 fully saturated rings. The van der Waals surface area contributed by atoms with Crippen LogP contribution in [0.1, 0.15) is 72.9 Å². The van der Waals surface area contributed by atoms with Crippen LogP contribution in [-0.4, -0.2) is 53.2 Å². The first kappa shape index (κ1) is 30.5. The summed E-state index contributed by atoms with van der Waals surface area (Å²) in [7, 11) is 0. The Morgan fingerprint density at radius 3 is 2.30 bits per heavy atom. The fourth-order valence-electron chi connectivity index (χ4n) is 6.81. The topological polar surface area (TPSA) is 113 Å². The molecule has 0 amide bonds. The second kappa shape index (κ2) is 13.6. The molecule has 7 heteroatoms. The van der Waals surface area contributed by atoms with Gasteiger partial charge in [-0.3, -0.25) is 4.79 Å². The highest BCUT2D eigenvalue weighted by atomic mass is 16.6. The Hall–Kier alpha value is -3.94. The molecule has 7 nitrogen and oxygen atoms in total. The van der Waals surface area contributed by atoms with E-state index in [0.717, 1.165) is 33.7 Å². The maximum atomic E-state index is 12.9. The van der Waals surface area contributed by atoms with E-state index in [1.54, 1.807) is 24.3 Å². The minimum atomic E-state index is -0.996. The van der Waals surface area contributed by atoms with Gasteiger partial charge in [0.2, 0.25) is 0 Å². The van der Waals surface area contributed by atoms with Gasteiger partial charge in [0, 0.05) is 0 Å². The van der Waals surface area contributed by atoms with Crippen LogP contribution in [0.15, 0.2) is 72.8 Å². The van der Waals surface area contributed by atoms with Crippen LogP contribution in [0.4, 0.5) is 0 Å². The number of aromatic hydroxyl groups is 1. The van der Waals surface area contributed by atoms with Crippen LogP contribution >= 0.6 is 0 Å². The van der Waals surface area contributed by atoms with Crippen molar-refractivity contribution in [2.24, 2.45) is 11.8 Å². The SMILES string of the molecule is CCC(CC(CC(CC(C)c1ccc(O)cc1)c1c2ccccc2cc2c(C(=O)O)cccc12)C(=O)O)C1COCCO1. The predicted octanol–water partition coefficient (Wildman–Crippen LogP) is 7.60. The summed E-state index contributed by atoms with van der Waals surface area (Å²) in [5.74, 6) is -2.38. The van der Waals surface area contributed by atoms with Gasteiger partial charge in [-0.05, 0) is 94.0 Å². The van der Waals surface area contributed by atoms with E-state index in [1.165, 1.54) is 0 Å². The third-order valence-corrected chi connectivity index (χ3v) is 9.08. The van der Waals surface area contributed by atoms with Gasteiger partial charge in [-0.1, -0.05) is 68.8 Å². The fourth-order valence-corrected chi connectivity index (χ4v) is 6.81. The summed E-state index contributed by atoms with van der Waals surface area (Å²) in [6, 6.07) is 22.4. The summed E-state index contributed by atoms with van der Waals surface area (Å²) in [4.78, 5) is 25.2. The van der Waals surface area contributed by atoms with E-state index in [9.17, 15) is 24.9 Å². The molecule has 1 saturated heterocycles. The third-order valence-electron chi connectivity index (χ3n) is 9.08. The molecule has 4 aromatic carbocycles. The van der Waals surface area contributed by atoms with Crippen molar-refractivity contribution in [1.29, 1.82) is 0 Å². The lowest BCUT2D eigenvalue weighted by Gasteiger charge is -2.33. The number of phenolic OH excluding ortho intramolecular Hbond substituents is 1. The number of aromatic carboxylic acids is 1. The number of hydrogen-bond acceptors (Lipinski definition) is 5. The van der Waals surface area contributed by atoms with Gasteiger partial charge in [0.15, 0.2) is 0 Å². The average molecular weight is 585 g/mol. The van der Waals surface area contributed by atoms with Gasteiger partial charge >= 0.3 is 11.9 Å². The molecule has 5 unspecified atom stereocenters. The number of hydrogen-bond donors (Lipinski definition) is 3. The lowest BCUT2D eigenvalue weighted by molar-refractivity contribution is -0.145. The van der Waals surface area contributed by atoms with Crippen molar-refractivity contribution in [2.75, 3.05) is 19.8 Å². The van der Waals surface area contributed by atoms with Crippen LogP contribution in [0.5, 0.6) is 5.75 Å². The monoisotopic (exact) mass is 584 g/mol. The second-order valence-corrected chi connectivity index (χ2v) is 11.8. The molecule has 0 saturated carbocycles. The van der Waals surface area contributed by atoms with E-state index >= 15 is 0 Å². The standard InChI is InChI=1S/C36H40O7/c1-3-23(33-21-42-15-16-43-33)18-27(35(38)39)19-26(17-22(2)24-11-13-28(37)14-12-24)34-29-8-5-4-7-25(29)20-32-30(34)9-6-10-31(32)36(40)41/h4-14,20,22-23,26-27,33,37H,3,15-19,21H2,1-2H3,(H,38,39)(H,40,41). The van der Waals surface area contributed by atoms with E-state index in [2.05, 4.69) is 13.8 Å². The van der Waals surface area contributed by atoms with Crippen LogP contribution in [0, 0.1) is 11.8 Å². The van der Waals surface area contributed by atoms with Crippen molar-refractivity contribution in [2.45, 2.75) is 57.5 Å². The lowest BCUT2D eigenvalue weighted by atomic mass is 9.75. The average Bonchev–Trinajstić information content (AvgIpc) is 3.01. The molecule has 5 atom stereocenters. The molecule has 0 spiro atoms. The first-order chi connectivity index (χ1) is 20.8. The van der Waals surface area contributed by atoms with Crippen LogP contribution in [0.25, 0.3) is 21.5 Å². The van der Waals surface area contributed by atoms with Gasteiger partial charge in [0.25, 0.3) is 0 Å². The fraction of sp³-hybridized carbons (Fsp3) is 0.389. The number of ether oxygens (including phenoxy) is 2. The van der Waals surface area contributed by atoms with E-state index in [4.69, 9.17) is 9.47 Å². The quantitative estimate of drug-likeness (QED) is 0.147. The highest BCUT2D eigenvalue weighted by Crippen LogP contribution is 2.43. The smallest absolute Gasteiger partial charge is 0.336 e. The molecule has 0 radical (unpaired) electrons. The summed E-state index contributed by atoms with van der Waals surface area (Å²) in [5.41, 5.74) is 2.26. The molecule has 3 N–H and O–H groups in total. The second-order valence-electron chi connectivity index (χ2n) is 11.8. The van der Waals surface area contributed by atoms with E-state index in [1.807, 2.05) is 48.5 Å². The number of carboxylic acid groups (broad SMARTS) is 2. The van der Waals surface area contributed by atoms with Crippen molar-refractivity contribution in [3.8, 4) is 5.75 Å². The van der Waals surface area contributed by atoms with Crippen molar-refractivity contribution in [1.82, 2.24) is 0 Å². The van der Waals surface area contributed by atoms with Gasteiger partial charge in [0.05, 0.1) is 37.4 Å². The van der Waals surface area contributed by atoms with Gasteiger partial charge in [0.1, 0.15) is 5.75 Å². The third kappa shape index (κ3) is 6.84. The molecular weight excluding hydrogens is 544 g/mol. The van der Waals surface area contributed by atoms with E-state index in [0.29, 0.717) is 44.5 Å². The molecule has 1 aliphatic rings. The number of benzene rings is 4. The largest absolute Gasteiger partial charge is 0.508 e. The van der Waals surface area contributed by atoms with Crippen molar-refractivity contribution in [3.63, 3.8) is 0 Å². The highest BCUT2D eigenvalue weighted by Gasteiger charge is 2.33. The number of carbonyl (C=O) groups is 2. The zero-order chi connectivity index (χ0) is 30.5. The molecule has 226 valence electrons. The van der Waals surface area contributed by atoms with Crippen molar-refractivity contribution >= 4 is 33.5 Å². The summed E-state index contributed by atoms with van der Waals surface area (Å²) < 4.78 is 11.6. The highest BCUT2D eigenvalue weighted by molar-refractivity contribution is 6.10. The zero-order valence-electron chi connectivity index (χ0n) is 24.7. The number of phenols is 1. The molecule has 0 aromatic heterocycles. The van der Waals surface area contributed by atoms with Crippen LogP contribution in [0.3, 0.4) is 0 Å². The van der Waals surface area contributed by atoms with Crippen LogP contribution < -0.4 is 0 Å². The van der Waals surface area contributed by atoms with Gasteiger partial charge in [-0.15, -0.1) is 0 Å². The molecule has 43 heavy (non-hydrogen) atoms. The minimum absolute atomic E-state index is 0.0412. The number of rotatable bonds is 12. The first-order valence-corrected chi connectivity index (χ1v) is 15.2. The Bertz CT molecular complexity index is 1570. The molecule has 5 rings (SSSR count). The van der Waals surface area contributed by atoms with Gasteiger partial charge in [-0.2, -0.15) is 0 Å². The number of fused-ring (bicyclic) bond motifs is 2. The maximum absolute atomic E-state index is 12.9. The normalized spacial score (nSPS) is 18.2. The Morgan fingerprint density at radius 1 is 0.884 bits per heavy atom. The Kier molecular flexibility index (Phi) is 9.63. The zero-order valence-corrected chi connectivity index (χ0v) is 24.7. The molecule has 0 bridgehead atoms. The predicted molar refractivity (Wildman–Crippen MR) is 167 cm³/mol. The summed E-state index contributed by atoms with van der Waals surface area (Å²) in [5, 5.41) is 33.9. The van der Waals surface area contributed by atoms with Crippen LogP contribution in [0.2, 0.25) is 0 Å². The molecule has 1 heterocycles. The van der Waals surface area contributed by atoms with Gasteiger partial charge in [-0.25, -0.2) is 4.79 Å². The van der Waals surface area contributed by atoms with E-state index < -0.39 is 17.9 Å². The Labute approximate surface area is 252 Å². The lowest BCUT2D eigenvalue weighted by Crippen LogP contribution is -2.36. The molecular formula is C36H40O7. The van der Waals surface area contributed by atoms with E-state index in [-0.39, 0.29) is 35.2 Å². The Morgan fingerprint density at radius 2 is 1.63 bits per heavy atom. The summed E-state index contributed by atoms with van der Waals surface area (Å²) in [6.45, 7) is 5.72. The number of carboxylic acids is 2. The summed E-state index contributed by atoms with van der Waals surface area (Å²) >= 11 is 0. The maximum Gasteiger partial charge on any atom is 0.336 e. The van der Waals surface area contributed by atoms with Gasteiger partial charge < -0.3 is 24.8 Å². The summed E-state index contributed by atoms with van der Waals surface area (Å²) in [6.07, 6.45) is 2.15. The number of aliphatic carboxylic acids is 1. The first-order valence-electron chi connectivity index (χ1n) is 15.2. The Balaban J connectivity index is 1.62. The molecule has 1 aliphatic heterocycles. The minimum Gasteiger partial charge on any atom is -0.508 e.